The topological polar surface area (TPSA) is 12.5 Å². The zero-order chi connectivity index (χ0) is 25.9. The van der Waals surface area contributed by atoms with Gasteiger partial charge in [0.05, 0.1) is 13.2 Å². The molecule has 0 bridgehead atoms. The summed E-state index contributed by atoms with van der Waals surface area (Å²) in [7, 11) is 0. The molecule has 1 heterocycles. The van der Waals surface area contributed by atoms with E-state index in [2.05, 4.69) is 67.6 Å². The average Bonchev–Trinajstić information content (AvgIpc) is 3.73. The van der Waals surface area contributed by atoms with E-state index in [-0.39, 0.29) is 12.4 Å². The molecule has 1 aliphatic rings. The Morgan fingerprint density at radius 3 is 1.32 bits per heavy atom. The lowest BCUT2D eigenvalue weighted by Gasteiger charge is -2.39. The van der Waals surface area contributed by atoms with Crippen LogP contribution in [0.3, 0.4) is 0 Å². The first-order valence-electron chi connectivity index (χ1n) is 15.8. The van der Waals surface area contributed by atoms with Gasteiger partial charge < -0.3 is 21.6 Å². The van der Waals surface area contributed by atoms with Crippen LogP contribution in [0.2, 0.25) is 0 Å². The van der Waals surface area contributed by atoms with Gasteiger partial charge in [0.15, 0.2) is 0 Å². The number of quaternary nitrogens is 1. The van der Waals surface area contributed by atoms with E-state index in [1.165, 1.54) is 120 Å². The quantitative estimate of drug-likeness (QED) is 0.0849. The lowest BCUT2D eigenvalue weighted by Crippen LogP contribution is -3.00. The fraction of sp³-hybridized carbons (Fsp3) is 0.657. The molecule has 0 N–H and O–H groups in total. The third-order valence-corrected chi connectivity index (χ3v) is 8.20. The summed E-state index contributed by atoms with van der Waals surface area (Å²) >= 11 is 0. The zero-order valence-electron chi connectivity index (χ0n) is 24.4. The third-order valence-electron chi connectivity index (χ3n) is 8.20. The standard InChI is InChI=1S/C35H56NO.ClH/c1-2-3-4-5-6-7-8-9-10-11-12-13-14-15-16-23-28-36(31-35-32-37-35,29-33-24-19-17-20-25-33)30-34-26-21-18-22-27-34;/h17-22,24-27,35H,2-16,23,28-32H2,1H3;1H/q+1;/p-1. The van der Waals surface area contributed by atoms with Gasteiger partial charge in [-0.15, -0.1) is 0 Å². The minimum Gasteiger partial charge on any atom is -1.00 e. The van der Waals surface area contributed by atoms with E-state index in [9.17, 15) is 0 Å². The largest absolute Gasteiger partial charge is 1.00 e. The van der Waals surface area contributed by atoms with Crippen molar-refractivity contribution in [3.8, 4) is 0 Å². The van der Waals surface area contributed by atoms with Crippen LogP contribution in [0.1, 0.15) is 121 Å². The van der Waals surface area contributed by atoms with Crippen molar-refractivity contribution in [2.45, 2.75) is 129 Å². The van der Waals surface area contributed by atoms with Crippen LogP contribution in [0.15, 0.2) is 60.7 Å². The van der Waals surface area contributed by atoms with Crippen molar-refractivity contribution in [3.05, 3.63) is 71.8 Å². The molecule has 1 saturated heterocycles. The molecule has 214 valence electrons. The van der Waals surface area contributed by atoms with Gasteiger partial charge in [-0.05, 0) is 12.8 Å². The predicted molar refractivity (Wildman–Crippen MR) is 160 cm³/mol. The summed E-state index contributed by atoms with van der Waals surface area (Å²) in [5, 5.41) is 0. The highest BCUT2D eigenvalue weighted by Gasteiger charge is 2.37. The molecule has 0 amide bonds. The summed E-state index contributed by atoms with van der Waals surface area (Å²) in [4.78, 5) is 0. The summed E-state index contributed by atoms with van der Waals surface area (Å²) in [5.41, 5.74) is 2.91. The van der Waals surface area contributed by atoms with Crippen molar-refractivity contribution in [1.82, 2.24) is 0 Å². The van der Waals surface area contributed by atoms with Gasteiger partial charge in [-0.2, -0.15) is 0 Å². The maximum atomic E-state index is 5.76. The predicted octanol–water partition coefficient (Wildman–Crippen LogP) is 6.87. The van der Waals surface area contributed by atoms with Crippen LogP contribution in [0.4, 0.5) is 0 Å². The highest BCUT2D eigenvalue weighted by atomic mass is 35.5. The van der Waals surface area contributed by atoms with Gasteiger partial charge in [0.2, 0.25) is 0 Å². The monoisotopic (exact) mass is 541 g/mol. The molecule has 0 aliphatic carbocycles. The van der Waals surface area contributed by atoms with Crippen LogP contribution in [0.25, 0.3) is 0 Å². The minimum atomic E-state index is 0. The van der Waals surface area contributed by atoms with Crippen LogP contribution in [0.5, 0.6) is 0 Å². The SMILES string of the molecule is CCCCCCCCCCCCCCCCCC[N+](Cc1ccccc1)(Cc1ccccc1)CC1CO1.[Cl-]. The van der Waals surface area contributed by atoms with E-state index >= 15 is 0 Å². The number of epoxide rings is 1. The van der Waals surface area contributed by atoms with E-state index in [0.29, 0.717) is 6.10 Å². The van der Waals surface area contributed by atoms with Crippen molar-refractivity contribution in [3.63, 3.8) is 0 Å². The molecule has 2 nitrogen and oxygen atoms in total. The number of hydrogen-bond acceptors (Lipinski definition) is 1. The van der Waals surface area contributed by atoms with Gasteiger partial charge >= 0.3 is 0 Å². The van der Waals surface area contributed by atoms with Gasteiger partial charge in [-0.1, -0.05) is 157 Å². The van der Waals surface area contributed by atoms with E-state index in [1.54, 1.807) is 0 Å². The molecule has 2 aromatic carbocycles. The van der Waals surface area contributed by atoms with Gasteiger partial charge in [0.25, 0.3) is 0 Å². The van der Waals surface area contributed by atoms with Gasteiger partial charge in [0, 0.05) is 11.1 Å². The second-order valence-electron chi connectivity index (χ2n) is 11.8. The number of hydrogen-bond donors (Lipinski definition) is 0. The van der Waals surface area contributed by atoms with Gasteiger partial charge in [-0.3, -0.25) is 0 Å². The molecule has 2 aromatic rings. The number of ether oxygens (including phenoxy) is 1. The summed E-state index contributed by atoms with van der Waals surface area (Å²) in [6.45, 7) is 7.85. The Morgan fingerprint density at radius 1 is 0.579 bits per heavy atom. The fourth-order valence-corrected chi connectivity index (χ4v) is 5.98. The third kappa shape index (κ3) is 14.7. The Hall–Kier alpha value is -1.35. The molecule has 0 saturated carbocycles. The molecule has 1 aliphatic heterocycles. The number of halogens is 1. The van der Waals surface area contributed by atoms with Gasteiger partial charge in [-0.25, -0.2) is 0 Å². The highest BCUT2D eigenvalue weighted by Crippen LogP contribution is 2.26. The van der Waals surface area contributed by atoms with Crippen molar-refractivity contribution >= 4 is 0 Å². The smallest absolute Gasteiger partial charge is 0.130 e. The second kappa shape index (κ2) is 20.5. The molecular formula is C35H56ClNO. The summed E-state index contributed by atoms with van der Waals surface area (Å²) in [6, 6.07) is 22.2. The van der Waals surface area contributed by atoms with Gasteiger partial charge in [0.1, 0.15) is 25.7 Å². The zero-order valence-corrected chi connectivity index (χ0v) is 25.2. The van der Waals surface area contributed by atoms with E-state index < -0.39 is 0 Å². The number of benzene rings is 2. The first-order valence-corrected chi connectivity index (χ1v) is 15.8. The lowest BCUT2D eigenvalue weighted by molar-refractivity contribution is -0.954. The molecule has 0 aromatic heterocycles. The van der Waals surface area contributed by atoms with E-state index in [1.807, 2.05) is 0 Å². The van der Waals surface area contributed by atoms with Crippen molar-refractivity contribution in [1.29, 1.82) is 0 Å². The summed E-state index contributed by atoms with van der Waals surface area (Å²) in [5.74, 6) is 0. The normalized spacial score (nSPS) is 14.8. The molecular weight excluding hydrogens is 486 g/mol. The Balaban J connectivity index is 0.00000507. The van der Waals surface area contributed by atoms with Crippen LogP contribution >= 0.6 is 0 Å². The minimum absolute atomic E-state index is 0. The van der Waals surface area contributed by atoms with Crippen LogP contribution in [-0.4, -0.2) is 30.3 Å². The Labute approximate surface area is 241 Å². The second-order valence-corrected chi connectivity index (χ2v) is 11.8. The number of rotatable bonds is 23. The van der Waals surface area contributed by atoms with E-state index in [4.69, 9.17) is 4.74 Å². The Bertz CT molecular complexity index is 751. The first kappa shape index (κ1) is 32.9. The summed E-state index contributed by atoms with van der Waals surface area (Å²) < 4.78 is 6.88. The van der Waals surface area contributed by atoms with Crippen LogP contribution in [-0.2, 0) is 17.8 Å². The number of unbranched alkanes of at least 4 members (excludes halogenated alkanes) is 15. The number of nitrogens with zero attached hydrogens (tertiary/aromatic N) is 1. The fourth-order valence-electron chi connectivity index (χ4n) is 5.98. The summed E-state index contributed by atoms with van der Waals surface area (Å²) in [6.07, 6.45) is 23.3. The van der Waals surface area contributed by atoms with Crippen molar-refractivity contribution in [2.24, 2.45) is 0 Å². The molecule has 3 heteroatoms. The van der Waals surface area contributed by atoms with Crippen LogP contribution in [0, 0.1) is 0 Å². The average molecular weight is 542 g/mol. The van der Waals surface area contributed by atoms with E-state index in [0.717, 1.165) is 30.7 Å². The molecule has 1 fully saturated rings. The molecule has 0 radical (unpaired) electrons. The van der Waals surface area contributed by atoms with Crippen molar-refractivity contribution in [2.75, 3.05) is 19.7 Å². The Kier molecular flexibility index (Phi) is 17.8. The molecule has 1 atom stereocenters. The van der Waals surface area contributed by atoms with Crippen LogP contribution < -0.4 is 12.4 Å². The lowest BCUT2D eigenvalue weighted by atomic mass is 10.0. The Morgan fingerprint density at radius 2 is 0.947 bits per heavy atom. The molecule has 3 rings (SSSR count). The maximum absolute atomic E-state index is 5.76. The molecule has 0 spiro atoms. The molecule has 1 unspecified atom stereocenters. The highest BCUT2D eigenvalue weighted by molar-refractivity contribution is 5.15. The first-order chi connectivity index (χ1) is 18.3. The van der Waals surface area contributed by atoms with Crippen molar-refractivity contribution < 1.29 is 21.6 Å². The maximum Gasteiger partial charge on any atom is 0.130 e. The molecule has 38 heavy (non-hydrogen) atoms.